The van der Waals surface area contributed by atoms with E-state index in [4.69, 9.17) is 0 Å². The number of nitrogens with zero attached hydrogens (tertiary/aromatic N) is 2. The van der Waals surface area contributed by atoms with Crippen molar-refractivity contribution in [1.82, 2.24) is 9.78 Å². The Hall–Kier alpha value is -1.16. The quantitative estimate of drug-likeness (QED) is 0.750. The van der Waals surface area contributed by atoms with Gasteiger partial charge in [-0.05, 0) is 34.1 Å². The standard InChI is InChI=1S/C9H6BrFN2/c10-8-3-2-7(11)6-9(8)13-5-1-4-12-13/h1-6H. The summed E-state index contributed by atoms with van der Waals surface area (Å²) in [6.07, 6.45) is 3.41. The van der Waals surface area contributed by atoms with E-state index in [9.17, 15) is 4.39 Å². The van der Waals surface area contributed by atoms with Crippen LogP contribution >= 0.6 is 15.9 Å². The van der Waals surface area contributed by atoms with Crippen molar-refractivity contribution in [3.05, 3.63) is 46.9 Å². The molecular formula is C9H6BrFN2. The number of rotatable bonds is 1. The first-order valence-electron chi connectivity index (χ1n) is 3.72. The lowest BCUT2D eigenvalue weighted by Crippen LogP contribution is -1.95. The molecular weight excluding hydrogens is 235 g/mol. The summed E-state index contributed by atoms with van der Waals surface area (Å²) in [7, 11) is 0. The van der Waals surface area contributed by atoms with Gasteiger partial charge in [-0.3, -0.25) is 0 Å². The number of halogens is 2. The summed E-state index contributed by atoms with van der Waals surface area (Å²) < 4.78 is 15.3. The maximum Gasteiger partial charge on any atom is 0.125 e. The fraction of sp³-hybridized carbons (Fsp3) is 0. The number of hydrogen-bond donors (Lipinski definition) is 0. The van der Waals surface area contributed by atoms with Crippen LogP contribution in [0.5, 0.6) is 0 Å². The van der Waals surface area contributed by atoms with Crippen molar-refractivity contribution in [3.63, 3.8) is 0 Å². The fourth-order valence-corrected chi connectivity index (χ4v) is 1.50. The molecule has 0 unspecified atom stereocenters. The van der Waals surface area contributed by atoms with Crippen LogP contribution in [-0.4, -0.2) is 9.78 Å². The van der Waals surface area contributed by atoms with Crippen LogP contribution in [-0.2, 0) is 0 Å². The average Bonchev–Trinajstić information content (AvgIpc) is 2.61. The van der Waals surface area contributed by atoms with Gasteiger partial charge in [0.05, 0.1) is 5.69 Å². The molecule has 1 aromatic heterocycles. The molecule has 2 nitrogen and oxygen atoms in total. The van der Waals surface area contributed by atoms with Gasteiger partial charge in [-0.1, -0.05) is 0 Å². The van der Waals surface area contributed by atoms with Gasteiger partial charge >= 0.3 is 0 Å². The van der Waals surface area contributed by atoms with Crippen LogP contribution in [0.2, 0.25) is 0 Å². The van der Waals surface area contributed by atoms with Crippen LogP contribution in [0.25, 0.3) is 5.69 Å². The van der Waals surface area contributed by atoms with Crippen molar-refractivity contribution in [1.29, 1.82) is 0 Å². The molecule has 0 radical (unpaired) electrons. The summed E-state index contributed by atoms with van der Waals surface area (Å²) >= 11 is 3.32. The third-order valence-corrected chi connectivity index (χ3v) is 2.33. The van der Waals surface area contributed by atoms with Crippen LogP contribution in [0.15, 0.2) is 41.1 Å². The van der Waals surface area contributed by atoms with Gasteiger partial charge in [0.25, 0.3) is 0 Å². The van der Waals surface area contributed by atoms with Gasteiger partial charge in [0.15, 0.2) is 0 Å². The minimum absolute atomic E-state index is 0.270. The van der Waals surface area contributed by atoms with Crippen LogP contribution < -0.4 is 0 Å². The van der Waals surface area contributed by atoms with Crippen molar-refractivity contribution in [2.75, 3.05) is 0 Å². The fourth-order valence-electron chi connectivity index (χ4n) is 1.07. The van der Waals surface area contributed by atoms with E-state index in [-0.39, 0.29) is 5.82 Å². The van der Waals surface area contributed by atoms with E-state index in [1.165, 1.54) is 12.1 Å². The van der Waals surface area contributed by atoms with E-state index in [0.29, 0.717) is 5.69 Å². The van der Waals surface area contributed by atoms with Crippen molar-refractivity contribution in [2.24, 2.45) is 0 Å². The topological polar surface area (TPSA) is 17.8 Å². The molecule has 0 spiro atoms. The minimum atomic E-state index is -0.270. The molecule has 0 saturated heterocycles. The molecule has 1 heterocycles. The molecule has 4 heteroatoms. The molecule has 0 atom stereocenters. The predicted molar refractivity (Wildman–Crippen MR) is 51.2 cm³/mol. The molecule has 0 aliphatic rings. The van der Waals surface area contributed by atoms with E-state index in [1.807, 2.05) is 0 Å². The third kappa shape index (κ3) is 1.62. The number of benzene rings is 1. The average molecular weight is 241 g/mol. The zero-order valence-corrected chi connectivity index (χ0v) is 8.20. The molecule has 13 heavy (non-hydrogen) atoms. The van der Waals surface area contributed by atoms with Gasteiger partial charge < -0.3 is 0 Å². The minimum Gasteiger partial charge on any atom is -0.240 e. The van der Waals surface area contributed by atoms with Crippen LogP contribution in [0.1, 0.15) is 0 Å². The summed E-state index contributed by atoms with van der Waals surface area (Å²) in [6, 6.07) is 6.28. The van der Waals surface area contributed by atoms with Gasteiger partial charge in [-0.25, -0.2) is 9.07 Å². The first-order chi connectivity index (χ1) is 6.27. The molecule has 0 bridgehead atoms. The number of hydrogen-bond acceptors (Lipinski definition) is 1. The zero-order valence-electron chi connectivity index (χ0n) is 6.61. The second kappa shape index (κ2) is 3.30. The largest absolute Gasteiger partial charge is 0.240 e. The van der Waals surface area contributed by atoms with Gasteiger partial charge in [-0.2, -0.15) is 5.10 Å². The second-order valence-corrected chi connectivity index (χ2v) is 3.40. The summed E-state index contributed by atoms with van der Waals surface area (Å²) in [6.45, 7) is 0. The smallest absolute Gasteiger partial charge is 0.125 e. The summed E-state index contributed by atoms with van der Waals surface area (Å²) in [5, 5.41) is 4.01. The Morgan fingerprint density at radius 3 is 2.92 bits per heavy atom. The summed E-state index contributed by atoms with van der Waals surface area (Å²) in [5.74, 6) is -0.270. The highest BCUT2D eigenvalue weighted by atomic mass is 79.9. The normalized spacial score (nSPS) is 10.3. The van der Waals surface area contributed by atoms with Gasteiger partial charge in [0.1, 0.15) is 5.82 Å². The Morgan fingerprint density at radius 1 is 1.38 bits per heavy atom. The lowest BCUT2D eigenvalue weighted by Gasteiger charge is -2.03. The first-order valence-corrected chi connectivity index (χ1v) is 4.52. The molecule has 0 aliphatic heterocycles. The van der Waals surface area contributed by atoms with Crippen molar-refractivity contribution in [2.45, 2.75) is 0 Å². The second-order valence-electron chi connectivity index (χ2n) is 2.55. The molecule has 2 rings (SSSR count). The van der Waals surface area contributed by atoms with Gasteiger partial charge in [0, 0.05) is 22.9 Å². The monoisotopic (exact) mass is 240 g/mol. The highest BCUT2D eigenvalue weighted by molar-refractivity contribution is 9.10. The lowest BCUT2D eigenvalue weighted by molar-refractivity contribution is 0.625. The van der Waals surface area contributed by atoms with E-state index in [2.05, 4.69) is 21.0 Å². The molecule has 0 fully saturated rings. The Kier molecular flexibility index (Phi) is 2.14. The Balaban J connectivity index is 2.57. The maximum absolute atomic E-state index is 12.9. The third-order valence-electron chi connectivity index (χ3n) is 1.66. The highest BCUT2D eigenvalue weighted by Crippen LogP contribution is 2.20. The van der Waals surface area contributed by atoms with E-state index >= 15 is 0 Å². The lowest BCUT2D eigenvalue weighted by atomic mass is 10.3. The molecule has 2 aromatic rings. The zero-order chi connectivity index (χ0) is 9.26. The molecule has 66 valence electrons. The Bertz CT molecular complexity index is 412. The van der Waals surface area contributed by atoms with Gasteiger partial charge in [-0.15, -0.1) is 0 Å². The van der Waals surface area contributed by atoms with Crippen molar-refractivity contribution >= 4 is 15.9 Å². The van der Waals surface area contributed by atoms with Gasteiger partial charge in [0.2, 0.25) is 0 Å². The van der Waals surface area contributed by atoms with Crippen molar-refractivity contribution < 1.29 is 4.39 Å². The highest BCUT2D eigenvalue weighted by Gasteiger charge is 2.03. The van der Waals surface area contributed by atoms with E-state index in [0.717, 1.165) is 4.47 Å². The SMILES string of the molecule is Fc1ccc(Br)c(-n2cccn2)c1. The Morgan fingerprint density at radius 2 is 2.23 bits per heavy atom. The van der Waals surface area contributed by atoms with E-state index < -0.39 is 0 Å². The molecule has 0 aliphatic carbocycles. The molecule has 0 amide bonds. The number of aromatic nitrogens is 2. The van der Waals surface area contributed by atoms with Crippen molar-refractivity contribution in [3.8, 4) is 5.69 Å². The molecule has 0 N–H and O–H groups in total. The van der Waals surface area contributed by atoms with E-state index in [1.54, 1.807) is 29.2 Å². The summed E-state index contributed by atoms with van der Waals surface area (Å²) in [4.78, 5) is 0. The predicted octanol–water partition coefficient (Wildman–Crippen LogP) is 2.77. The molecule has 0 saturated carbocycles. The maximum atomic E-state index is 12.9. The summed E-state index contributed by atoms with van der Waals surface area (Å²) in [5.41, 5.74) is 0.699. The molecule has 1 aromatic carbocycles. The van der Waals surface area contributed by atoms with Crippen LogP contribution in [0.4, 0.5) is 4.39 Å². The Labute approximate surface area is 83.1 Å². The first kappa shape index (κ1) is 8.44. The van der Waals surface area contributed by atoms with Crippen LogP contribution in [0.3, 0.4) is 0 Å². The van der Waals surface area contributed by atoms with Crippen LogP contribution in [0, 0.1) is 5.82 Å².